The quantitative estimate of drug-likeness (QED) is 0.534. The zero-order valence-corrected chi connectivity index (χ0v) is 15.4. The minimum atomic E-state index is -4.77. The zero-order chi connectivity index (χ0) is 21.3. The van der Waals surface area contributed by atoms with Gasteiger partial charge in [-0.05, 0) is 41.5 Å². The maximum atomic E-state index is 12.1. The molecule has 0 aromatic heterocycles. The van der Waals surface area contributed by atoms with Gasteiger partial charge in [-0.25, -0.2) is 4.79 Å². The lowest BCUT2D eigenvalue weighted by Crippen LogP contribution is -2.28. The van der Waals surface area contributed by atoms with Gasteiger partial charge < -0.3 is 19.5 Å². The molecule has 2 aromatic rings. The summed E-state index contributed by atoms with van der Waals surface area (Å²) < 4.78 is 49.9. The van der Waals surface area contributed by atoms with E-state index in [9.17, 15) is 22.8 Å². The molecule has 0 atom stereocenters. The number of halogens is 3. The van der Waals surface area contributed by atoms with Crippen molar-refractivity contribution in [3.8, 4) is 11.5 Å². The number of methoxy groups -OCH3 is 1. The van der Waals surface area contributed by atoms with E-state index >= 15 is 0 Å². The van der Waals surface area contributed by atoms with Gasteiger partial charge >= 0.3 is 12.3 Å². The van der Waals surface area contributed by atoms with Crippen molar-refractivity contribution in [3.05, 3.63) is 65.7 Å². The lowest BCUT2D eigenvalue weighted by molar-refractivity contribution is -0.274. The van der Waals surface area contributed by atoms with Gasteiger partial charge in [-0.3, -0.25) is 4.79 Å². The number of rotatable bonds is 8. The summed E-state index contributed by atoms with van der Waals surface area (Å²) in [5.74, 6) is -0.961. The largest absolute Gasteiger partial charge is 0.573 e. The Balaban J connectivity index is 1.74. The molecule has 1 amide bonds. The van der Waals surface area contributed by atoms with Gasteiger partial charge in [0.15, 0.2) is 6.61 Å². The van der Waals surface area contributed by atoms with Gasteiger partial charge in [0.1, 0.15) is 11.5 Å². The van der Waals surface area contributed by atoms with Crippen LogP contribution in [0, 0.1) is 0 Å². The second-order valence-corrected chi connectivity index (χ2v) is 5.69. The van der Waals surface area contributed by atoms with Gasteiger partial charge in [0.25, 0.3) is 5.91 Å². The average Bonchev–Trinajstić information content (AvgIpc) is 2.69. The summed E-state index contributed by atoms with van der Waals surface area (Å²) in [6.07, 6.45) is -2.36. The molecular formula is C20H18F3NO5. The summed E-state index contributed by atoms with van der Waals surface area (Å²) >= 11 is 0. The second kappa shape index (κ2) is 10.2. The van der Waals surface area contributed by atoms with Gasteiger partial charge in [-0.15, -0.1) is 13.2 Å². The molecule has 0 heterocycles. The van der Waals surface area contributed by atoms with Crippen LogP contribution in [0.3, 0.4) is 0 Å². The van der Waals surface area contributed by atoms with Gasteiger partial charge in [0, 0.05) is 12.6 Å². The van der Waals surface area contributed by atoms with E-state index in [1.165, 1.54) is 25.3 Å². The summed E-state index contributed by atoms with van der Waals surface area (Å²) in [5, 5.41) is 2.60. The summed E-state index contributed by atoms with van der Waals surface area (Å²) in [7, 11) is 1.54. The lowest BCUT2D eigenvalue weighted by Gasteiger charge is -2.08. The first-order valence-corrected chi connectivity index (χ1v) is 8.35. The van der Waals surface area contributed by atoms with E-state index in [-0.39, 0.29) is 12.3 Å². The van der Waals surface area contributed by atoms with E-state index in [4.69, 9.17) is 9.47 Å². The number of alkyl halides is 3. The summed E-state index contributed by atoms with van der Waals surface area (Å²) in [4.78, 5) is 23.4. The number of carbonyl (C=O) groups is 2. The molecule has 0 saturated heterocycles. The lowest BCUT2D eigenvalue weighted by atomic mass is 10.2. The van der Waals surface area contributed by atoms with Crippen LogP contribution in [0.4, 0.5) is 13.2 Å². The third-order valence-corrected chi connectivity index (χ3v) is 3.49. The smallest absolute Gasteiger partial charge is 0.497 e. The maximum Gasteiger partial charge on any atom is 0.573 e. The van der Waals surface area contributed by atoms with Crippen LogP contribution in [0.15, 0.2) is 54.6 Å². The Labute approximate surface area is 164 Å². The predicted molar refractivity (Wildman–Crippen MR) is 98.0 cm³/mol. The number of nitrogens with one attached hydrogen (secondary N) is 1. The molecule has 29 heavy (non-hydrogen) atoms. The van der Waals surface area contributed by atoms with Crippen LogP contribution >= 0.6 is 0 Å². The Morgan fingerprint density at radius 2 is 1.79 bits per heavy atom. The van der Waals surface area contributed by atoms with Crippen LogP contribution in [0.5, 0.6) is 11.5 Å². The van der Waals surface area contributed by atoms with Crippen molar-refractivity contribution in [1.82, 2.24) is 5.32 Å². The Morgan fingerprint density at radius 3 is 2.45 bits per heavy atom. The van der Waals surface area contributed by atoms with Crippen molar-refractivity contribution < 1.29 is 37.0 Å². The maximum absolute atomic E-state index is 12.1. The normalized spacial score (nSPS) is 11.2. The van der Waals surface area contributed by atoms with Crippen LogP contribution in [0.2, 0.25) is 0 Å². The molecule has 9 heteroatoms. The molecule has 0 radical (unpaired) electrons. The fourth-order valence-electron chi connectivity index (χ4n) is 2.16. The van der Waals surface area contributed by atoms with E-state index in [1.807, 2.05) is 6.07 Å². The third-order valence-electron chi connectivity index (χ3n) is 3.49. The van der Waals surface area contributed by atoms with Gasteiger partial charge in [0.2, 0.25) is 0 Å². The average molecular weight is 409 g/mol. The van der Waals surface area contributed by atoms with Crippen molar-refractivity contribution in [2.45, 2.75) is 12.9 Å². The fourth-order valence-corrected chi connectivity index (χ4v) is 2.16. The highest BCUT2D eigenvalue weighted by atomic mass is 19.4. The number of hydrogen-bond donors (Lipinski definition) is 1. The Kier molecular flexibility index (Phi) is 7.64. The monoisotopic (exact) mass is 409 g/mol. The molecule has 2 rings (SSSR count). The Bertz CT molecular complexity index is 863. The third kappa shape index (κ3) is 8.37. The molecule has 154 valence electrons. The minimum absolute atomic E-state index is 0.246. The molecule has 0 aliphatic rings. The summed E-state index contributed by atoms with van der Waals surface area (Å²) in [5.41, 5.74) is 1.28. The highest BCUT2D eigenvalue weighted by Crippen LogP contribution is 2.23. The molecule has 0 aliphatic heterocycles. The van der Waals surface area contributed by atoms with Crippen molar-refractivity contribution in [2.24, 2.45) is 0 Å². The molecule has 0 saturated carbocycles. The number of benzene rings is 2. The van der Waals surface area contributed by atoms with Gasteiger partial charge in [-0.2, -0.15) is 0 Å². The highest BCUT2D eigenvalue weighted by molar-refractivity contribution is 5.89. The van der Waals surface area contributed by atoms with E-state index in [2.05, 4.69) is 10.1 Å². The molecule has 0 aliphatic carbocycles. The molecule has 0 spiro atoms. The number of esters is 1. The van der Waals surface area contributed by atoms with Crippen molar-refractivity contribution in [1.29, 1.82) is 0 Å². The first-order valence-electron chi connectivity index (χ1n) is 8.35. The molecule has 2 aromatic carbocycles. The van der Waals surface area contributed by atoms with Crippen LogP contribution in [-0.4, -0.2) is 32.0 Å². The number of ether oxygens (including phenoxy) is 3. The highest BCUT2D eigenvalue weighted by Gasteiger charge is 2.30. The first-order chi connectivity index (χ1) is 13.7. The molecule has 1 N–H and O–H groups in total. The van der Waals surface area contributed by atoms with Gasteiger partial charge in [-0.1, -0.05) is 24.3 Å². The summed E-state index contributed by atoms with van der Waals surface area (Å²) in [6.45, 7) is -0.221. The van der Waals surface area contributed by atoms with Crippen molar-refractivity contribution in [3.63, 3.8) is 0 Å². The predicted octanol–water partition coefficient (Wildman–Crippen LogP) is 3.47. The van der Waals surface area contributed by atoms with E-state index < -0.39 is 24.8 Å². The summed E-state index contributed by atoms with van der Waals surface area (Å²) in [6, 6.07) is 12.0. The molecule has 0 unspecified atom stereocenters. The zero-order valence-electron chi connectivity index (χ0n) is 15.4. The number of amides is 1. The van der Waals surface area contributed by atoms with Crippen molar-refractivity contribution in [2.75, 3.05) is 13.7 Å². The van der Waals surface area contributed by atoms with Gasteiger partial charge in [0.05, 0.1) is 7.11 Å². The van der Waals surface area contributed by atoms with E-state index in [0.29, 0.717) is 11.3 Å². The molecule has 0 fully saturated rings. The fraction of sp³-hybridized carbons (Fsp3) is 0.200. The van der Waals surface area contributed by atoms with E-state index in [0.717, 1.165) is 23.8 Å². The van der Waals surface area contributed by atoms with Crippen LogP contribution in [0.1, 0.15) is 11.1 Å². The standard InChI is InChI=1S/C20H18F3NO5/c1-27-17-4-2-3-15(11-17)12-24-18(25)13-28-19(26)10-7-14-5-8-16(9-6-14)29-20(21,22)23/h2-11H,12-13H2,1H3,(H,24,25)/b10-7+. The molecular weight excluding hydrogens is 391 g/mol. The van der Waals surface area contributed by atoms with E-state index in [1.54, 1.807) is 18.2 Å². The topological polar surface area (TPSA) is 73.9 Å². The van der Waals surface area contributed by atoms with Crippen molar-refractivity contribution >= 4 is 18.0 Å². The molecule has 6 nitrogen and oxygen atoms in total. The number of hydrogen-bond acceptors (Lipinski definition) is 5. The van der Waals surface area contributed by atoms with Crippen LogP contribution < -0.4 is 14.8 Å². The Hall–Kier alpha value is -3.49. The van der Waals surface area contributed by atoms with Crippen LogP contribution in [-0.2, 0) is 20.9 Å². The minimum Gasteiger partial charge on any atom is -0.497 e. The van der Waals surface area contributed by atoms with Crippen LogP contribution in [0.25, 0.3) is 6.08 Å². The SMILES string of the molecule is COc1cccc(CNC(=O)COC(=O)/C=C/c2ccc(OC(F)(F)F)cc2)c1. The molecule has 0 bridgehead atoms. The number of carbonyl (C=O) groups excluding carboxylic acids is 2. The first kappa shape index (κ1) is 21.8. The second-order valence-electron chi connectivity index (χ2n) is 5.69. The Morgan fingerprint density at radius 1 is 1.07 bits per heavy atom.